The average Bonchev–Trinajstić information content (AvgIpc) is 3.45. The van der Waals surface area contributed by atoms with E-state index < -0.39 is 11.9 Å². The van der Waals surface area contributed by atoms with E-state index in [-0.39, 0.29) is 23.7 Å². The summed E-state index contributed by atoms with van der Waals surface area (Å²) in [5.41, 5.74) is 8.78. The Bertz CT molecular complexity index is 1690. The molecule has 41 heavy (non-hydrogen) atoms. The van der Waals surface area contributed by atoms with Crippen molar-refractivity contribution in [2.45, 2.75) is 31.2 Å². The van der Waals surface area contributed by atoms with Crippen molar-refractivity contribution in [2.24, 2.45) is 0 Å². The highest BCUT2D eigenvalue weighted by molar-refractivity contribution is 5.82. The van der Waals surface area contributed by atoms with Crippen LogP contribution < -0.4 is 20.9 Å². The van der Waals surface area contributed by atoms with Gasteiger partial charge in [0.1, 0.15) is 23.3 Å². The molecule has 0 bridgehead atoms. The van der Waals surface area contributed by atoms with Gasteiger partial charge in [-0.2, -0.15) is 4.98 Å². The number of hydrogen-bond donors (Lipinski definition) is 3. The standard InChI is InChI=1S/C30H28FN7O3/c31-22-16-19(8-9-26(22)41-25-11-13-34-28-21(25)10-12-33-28)35-27-17-23(36-29(32)37-27)20-7-4-14-38(30(39)40)24(20)15-18-5-2-1-3-6-18/h1-3,5-6,8-13,16-17,20,24H,4,7,14-15H2,(H,33,34)(H,39,40)(H3,32,35,36,37)/p-1. The van der Waals surface area contributed by atoms with Crippen molar-refractivity contribution >= 4 is 34.6 Å². The molecule has 11 heteroatoms. The minimum atomic E-state index is -1.21. The SMILES string of the molecule is Nc1nc(Nc2ccc(Oc3ccnc4[nH]ccc34)c(F)c2)cc(C2CCCN(C(=O)[O-])C2Cc2ccccc2)n1. The molecule has 4 N–H and O–H groups in total. The number of carboxylic acid groups (broad SMARTS) is 1. The van der Waals surface area contributed by atoms with Crippen LogP contribution in [0.1, 0.15) is 30.0 Å². The zero-order valence-corrected chi connectivity index (χ0v) is 22.0. The highest BCUT2D eigenvalue weighted by Gasteiger charge is 2.34. The molecule has 0 radical (unpaired) electrons. The number of nitrogens with two attached hydrogens (primary N) is 1. The molecule has 5 aromatic rings. The van der Waals surface area contributed by atoms with Gasteiger partial charge in [0.2, 0.25) is 5.95 Å². The monoisotopic (exact) mass is 552 g/mol. The van der Waals surface area contributed by atoms with Gasteiger partial charge in [-0.3, -0.25) is 0 Å². The molecule has 10 nitrogen and oxygen atoms in total. The van der Waals surface area contributed by atoms with Gasteiger partial charge in [-0.15, -0.1) is 0 Å². The molecular formula is C30H27FN7O3-. The second-order valence-electron chi connectivity index (χ2n) is 9.92. The van der Waals surface area contributed by atoms with Crippen LogP contribution in [0.2, 0.25) is 0 Å². The summed E-state index contributed by atoms with van der Waals surface area (Å²) in [6.07, 6.45) is 4.01. The minimum Gasteiger partial charge on any atom is -0.530 e. The number of carbonyl (C=O) groups is 1. The lowest BCUT2D eigenvalue weighted by Gasteiger charge is -2.43. The molecule has 1 aliphatic rings. The van der Waals surface area contributed by atoms with Crippen LogP contribution in [0.4, 0.5) is 26.6 Å². The third-order valence-corrected chi connectivity index (χ3v) is 7.29. The van der Waals surface area contributed by atoms with Crippen molar-refractivity contribution in [1.82, 2.24) is 24.8 Å². The fraction of sp³-hybridized carbons (Fsp3) is 0.200. The van der Waals surface area contributed by atoms with E-state index in [1.165, 1.54) is 17.0 Å². The summed E-state index contributed by atoms with van der Waals surface area (Å²) < 4.78 is 20.9. The number of aromatic amines is 1. The number of fused-ring (bicyclic) bond motifs is 1. The van der Waals surface area contributed by atoms with Gasteiger partial charge in [-0.25, -0.2) is 14.4 Å². The van der Waals surface area contributed by atoms with E-state index in [1.54, 1.807) is 30.6 Å². The number of nitrogens with zero attached hydrogens (tertiary/aromatic N) is 4. The first-order valence-corrected chi connectivity index (χ1v) is 13.3. The first kappa shape index (κ1) is 26.1. The van der Waals surface area contributed by atoms with Gasteiger partial charge in [0.25, 0.3) is 0 Å². The van der Waals surface area contributed by atoms with Gasteiger partial charge < -0.3 is 35.6 Å². The molecule has 1 aliphatic heterocycles. The Morgan fingerprint density at radius 3 is 2.78 bits per heavy atom. The Hall–Kier alpha value is -5.19. The van der Waals surface area contributed by atoms with Crippen LogP contribution in [-0.4, -0.2) is 43.5 Å². The largest absolute Gasteiger partial charge is 0.530 e. The minimum absolute atomic E-state index is 0.0302. The van der Waals surface area contributed by atoms with Crippen molar-refractivity contribution in [3.63, 3.8) is 0 Å². The van der Waals surface area contributed by atoms with E-state index in [0.717, 1.165) is 17.4 Å². The van der Waals surface area contributed by atoms with E-state index in [9.17, 15) is 9.90 Å². The number of ether oxygens (including phenoxy) is 1. The topological polar surface area (TPSA) is 145 Å². The lowest BCUT2D eigenvalue weighted by Crippen LogP contribution is -2.53. The van der Waals surface area contributed by atoms with Crippen LogP contribution in [0.5, 0.6) is 11.5 Å². The number of benzene rings is 2. The van der Waals surface area contributed by atoms with E-state index in [0.29, 0.717) is 48.0 Å². The number of amides is 1. The molecule has 1 saturated heterocycles. The summed E-state index contributed by atoms with van der Waals surface area (Å²) in [5.74, 6) is 0.131. The molecule has 0 spiro atoms. The lowest BCUT2D eigenvalue weighted by atomic mass is 9.83. The Morgan fingerprint density at radius 2 is 1.98 bits per heavy atom. The van der Waals surface area contributed by atoms with Crippen LogP contribution in [0, 0.1) is 5.82 Å². The molecule has 2 aromatic carbocycles. The first-order chi connectivity index (χ1) is 19.9. The van der Waals surface area contributed by atoms with Crippen molar-refractivity contribution in [1.29, 1.82) is 0 Å². The summed E-state index contributed by atoms with van der Waals surface area (Å²) in [7, 11) is 0. The predicted molar refractivity (Wildman–Crippen MR) is 150 cm³/mol. The number of H-pyrrole nitrogens is 1. The van der Waals surface area contributed by atoms with Gasteiger partial charge >= 0.3 is 0 Å². The maximum absolute atomic E-state index is 15.1. The number of hydrogen-bond acceptors (Lipinski definition) is 8. The van der Waals surface area contributed by atoms with Gasteiger partial charge in [-0.05, 0) is 49.1 Å². The van der Waals surface area contributed by atoms with E-state index in [1.807, 2.05) is 36.4 Å². The van der Waals surface area contributed by atoms with Crippen molar-refractivity contribution in [3.05, 3.63) is 96.2 Å². The van der Waals surface area contributed by atoms with Crippen LogP contribution in [-0.2, 0) is 6.42 Å². The first-order valence-electron chi connectivity index (χ1n) is 13.3. The fourth-order valence-corrected chi connectivity index (χ4v) is 5.43. The predicted octanol–water partition coefficient (Wildman–Crippen LogP) is 4.74. The van der Waals surface area contributed by atoms with Crippen LogP contribution in [0.3, 0.4) is 0 Å². The summed E-state index contributed by atoms with van der Waals surface area (Å²) >= 11 is 0. The molecule has 2 unspecified atom stereocenters. The molecule has 4 heterocycles. The van der Waals surface area contributed by atoms with E-state index in [4.69, 9.17) is 10.5 Å². The Morgan fingerprint density at radius 1 is 1.12 bits per heavy atom. The molecular weight excluding hydrogens is 525 g/mol. The highest BCUT2D eigenvalue weighted by atomic mass is 19.1. The highest BCUT2D eigenvalue weighted by Crippen LogP contribution is 2.36. The normalized spacial score (nSPS) is 17.0. The van der Waals surface area contributed by atoms with Gasteiger partial charge in [0.05, 0.1) is 11.1 Å². The molecule has 1 amide bonds. The third kappa shape index (κ3) is 5.60. The lowest BCUT2D eigenvalue weighted by molar-refractivity contribution is -0.269. The van der Waals surface area contributed by atoms with Crippen LogP contribution in [0.15, 0.2) is 79.1 Å². The third-order valence-electron chi connectivity index (χ3n) is 7.29. The number of nitrogen functional groups attached to an aromatic ring is 1. The number of rotatable bonds is 7. The fourth-order valence-electron chi connectivity index (χ4n) is 5.43. The van der Waals surface area contributed by atoms with Gasteiger partial charge in [0.15, 0.2) is 11.6 Å². The second kappa shape index (κ2) is 11.1. The number of nitrogens with one attached hydrogen (secondary N) is 2. The quantitative estimate of drug-likeness (QED) is 0.262. The second-order valence-corrected chi connectivity index (χ2v) is 9.92. The summed E-state index contributed by atoms with van der Waals surface area (Å²) in [6, 6.07) is 19.0. The number of aromatic nitrogens is 4. The van der Waals surface area contributed by atoms with Crippen molar-refractivity contribution in [3.8, 4) is 11.5 Å². The average molecular weight is 553 g/mol. The number of pyridine rings is 1. The number of piperidine rings is 1. The Kier molecular flexibility index (Phi) is 7.07. The molecule has 2 atom stereocenters. The van der Waals surface area contributed by atoms with Gasteiger partial charge in [-0.1, -0.05) is 30.3 Å². The molecule has 3 aromatic heterocycles. The molecule has 208 valence electrons. The number of carbonyl (C=O) groups excluding carboxylic acids is 1. The summed E-state index contributed by atoms with van der Waals surface area (Å²) in [5, 5.41) is 15.9. The summed E-state index contributed by atoms with van der Waals surface area (Å²) in [6.45, 7) is 0.394. The van der Waals surface area contributed by atoms with Crippen molar-refractivity contribution in [2.75, 3.05) is 17.6 Å². The van der Waals surface area contributed by atoms with Crippen LogP contribution in [0.25, 0.3) is 11.0 Å². The number of likely N-dealkylation sites (tertiary alicyclic amines) is 1. The maximum Gasteiger partial charge on any atom is 0.222 e. The molecule has 0 saturated carbocycles. The van der Waals surface area contributed by atoms with Crippen molar-refractivity contribution < 1.29 is 19.0 Å². The maximum atomic E-state index is 15.1. The van der Waals surface area contributed by atoms with E-state index in [2.05, 4.69) is 25.3 Å². The Balaban J connectivity index is 1.24. The van der Waals surface area contributed by atoms with Crippen LogP contribution >= 0.6 is 0 Å². The zero-order chi connectivity index (χ0) is 28.3. The molecule has 0 aliphatic carbocycles. The number of anilines is 3. The number of halogens is 1. The zero-order valence-electron chi connectivity index (χ0n) is 22.0. The molecule has 1 fully saturated rings. The Labute approximate surface area is 235 Å². The van der Waals surface area contributed by atoms with Gasteiger partial charge in [0, 0.05) is 48.7 Å². The van der Waals surface area contributed by atoms with E-state index >= 15 is 4.39 Å². The molecule has 6 rings (SSSR count). The summed E-state index contributed by atoms with van der Waals surface area (Å²) in [4.78, 5) is 29.4. The smallest absolute Gasteiger partial charge is 0.222 e.